The van der Waals surface area contributed by atoms with E-state index in [0.717, 1.165) is 17.9 Å². The molecule has 1 saturated heterocycles. The summed E-state index contributed by atoms with van der Waals surface area (Å²) in [5.74, 6) is -0.707. The molecular formula is C12H16N2O8. The van der Waals surface area contributed by atoms with Crippen LogP contribution >= 0.6 is 0 Å². The summed E-state index contributed by atoms with van der Waals surface area (Å²) in [7, 11) is 1.14. The lowest BCUT2D eigenvalue weighted by molar-refractivity contribution is -0.141. The zero-order chi connectivity index (χ0) is 16.4. The standard InChI is InChI=1S/C12H16N2O8/c1-21-7(16)3-14-2-5(11(19)13-12(14)20)10-9(18)8(17)6(4-15)22-10/h2,6,8-10,15,17-18H,3-4H2,1H3,(H,13,19,20)/t6-,8-,9-,10+/m1/s1. The van der Waals surface area contributed by atoms with Crippen molar-refractivity contribution in [1.82, 2.24) is 9.55 Å². The van der Waals surface area contributed by atoms with Crippen molar-refractivity contribution in [3.63, 3.8) is 0 Å². The van der Waals surface area contributed by atoms with Crippen LogP contribution in [0.4, 0.5) is 0 Å². The van der Waals surface area contributed by atoms with Crippen LogP contribution in [0.5, 0.6) is 0 Å². The van der Waals surface area contributed by atoms with Crippen LogP contribution in [0.15, 0.2) is 15.8 Å². The molecule has 0 aromatic carbocycles. The van der Waals surface area contributed by atoms with Crippen LogP contribution in [-0.4, -0.2) is 62.9 Å². The molecule has 1 aromatic heterocycles. The highest BCUT2D eigenvalue weighted by molar-refractivity contribution is 5.68. The van der Waals surface area contributed by atoms with Crippen molar-refractivity contribution >= 4 is 5.97 Å². The van der Waals surface area contributed by atoms with Crippen molar-refractivity contribution in [3.8, 4) is 0 Å². The van der Waals surface area contributed by atoms with Crippen LogP contribution in [-0.2, 0) is 20.8 Å². The molecule has 122 valence electrons. The van der Waals surface area contributed by atoms with Gasteiger partial charge in [-0.15, -0.1) is 0 Å². The normalized spacial score (nSPS) is 27.8. The fourth-order valence-electron chi connectivity index (χ4n) is 2.21. The predicted octanol–water partition coefficient (Wildman–Crippen LogP) is -3.14. The van der Waals surface area contributed by atoms with Gasteiger partial charge < -0.3 is 24.8 Å². The quantitative estimate of drug-likeness (QED) is 0.425. The molecule has 1 fully saturated rings. The number of methoxy groups -OCH3 is 1. The lowest BCUT2D eigenvalue weighted by atomic mass is 10.0. The summed E-state index contributed by atoms with van der Waals surface area (Å²) in [6, 6.07) is 0. The number of hydrogen-bond donors (Lipinski definition) is 4. The summed E-state index contributed by atoms with van der Waals surface area (Å²) < 4.78 is 10.5. The summed E-state index contributed by atoms with van der Waals surface area (Å²) in [6.45, 7) is -0.984. The van der Waals surface area contributed by atoms with E-state index in [1.54, 1.807) is 0 Å². The summed E-state index contributed by atoms with van der Waals surface area (Å²) in [5, 5.41) is 28.6. The lowest BCUT2D eigenvalue weighted by Gasteiger charge is -2.15. The number of ether oxygens (including phenoxy) is 2. The minimum Gasteiger partial charge on any atom is -0.468 e. The number of carbonyl (C=O) groups excluding carboxylic acids is 1. The fourth-order valence-corrected chi connectivity index (χ4v) is 2.21. The molecule has 10 nitrogen and oxygen atoms in total. The molecule has 10 heteroatoms. The Labute approximate surface area is 123 Å². The van der Waals surface area contributed by atoms with E-state index in [1.165, 1.54) is 0 Å². The molecule has 4 atom stereocenters. The molecule has 0 amide bonds. The van der Waals surface area contributed by atoms with E-state index in [-0.39, 0.29) is 5.56 Å². The molecule has 0 radical (unpaired) electrons. The number of rotatable bonds is 4. The van der Waals surface area contributed by atoms with Gasteiger partial charge in [-0.1, -0.05) is 0 Å². The summed E-state index contributed by atoms with van der Waals surface area (Å²) in [5.41, 5.74) is -1.79. The van der Waals surface area contributed by atoms with Gasteiger partial charge in [0.15, 0.2) is 0 Å². The Balaban J connectivity index is 2.39. The number of aromatic nitrogens is 2. The average Bonchev–Trinajstić information content (AvgIpc) is 2.77. The van der Waals surface area contributed by atoms with Gasteiger partial charge >= 0.3 is 11.7 Å². The van der Waals surface area contributed by atoms with E-state index < -0.39 is 54.8 Å². The highest BCUT2D eigenvalue weighted by Gasteiger charge is 2.44. The number of hydrogen-bond acceptors (Lipinski definition) is 8. The Hall–Kier alpha value is -2.01. The molecule has 2 rings (SSSR count). The molecule has 1 aromatic rings. The van der Waals surface area contributed by atoms with E-state index in [1.807, 2.05) is 4.98 Å². The van der Waals surface area contributed by atoms with Crippen molar-refractivity contribution in [2.75, 3.05) is 13.7 Å². The third-order valence-corrected chi connectivity index (χ3v) is 3.41. The van der Waals surface area contributed by atoms with E-state index in [9.17, 15) is 24.6 Å². The first-order chi connectivity index (χ1) is 10.4. The Morgan fingerprint density at radius 3 is 2.64 bits per heavy atom. The van der Waals surface area contributed by atoms with Crippen molar-refractivity contribution in [2.45, 2.75) is 31.0 Å². The number of nitrogens with zero attached hydrogens (tertiary/aromatic N) is 1. The van der Waals surface area contributed by atoms with E-state index >= 15 is 0 Å². The van der Waals surface area contributed by atoms with Gasteiger partial charge in [-0.05, 0) is 0 Å². The number of carbonyl (C=O) groups is 1. The van der Waals surface area contributed by atoms with Gasteiger partial charge in [0.25, 0.3) is 5.56 Å². The van der Waals surface area contributed by atoms with Gasteiger partial charge in [-0.2, -0.15) is 0 Å². The lowest BCUT2D eigenvalue weighted by Crippen LogP contribution is -2.37. The maximum atomic E-state index is 11.9. The number of H-pyrrole nitrogens is 1. The van der Waals surface area contributed by atoms with E-state index in [0.29, 0.717) is 0 Å². The smallest absolute Gasteiger partial charge is 0.328 e. The molecule has 0 saturated carbocycles. The SMILES string of the molecule is COC(=O)Cn1cc([C@@H]2O[C@H](CO)[C@@H](O)[C@H]2O)c(=O)[nH]c1=O. The van der Waals surface area contributed by atoms with Gasteiger partial charge in [-0.25, -0.2) is 4.79 Å². The average molecular weight is 316 g/mol. The van der Waals surface area contributed by atoms with Gasteiger partial charge in [-0.3, -0.25) is 19.1 Å². The molecule has 0 unspecified atom stereocenters. The number of nitrogens with one attached hydrogen (secondary N) is 1. The highest BCUT2D eigenvalue weighted by atomic mass is 16.6. The first kappa shape index (κ1) is 16.4. The second-order valence-electron chi connectivity index (χ2n) is 4.81. The number of aliphatic hydroxyl groups excluding tert-OH is 3. The molecular weight excluding hydrogens is 300 g/mol. The Morgan fingerprint density at radius 1 is 1.41 bits per heavy atom. The zero-order valence-electron chi connectivity index (χ0n) is 11.6. The van der Waals surface area contributed by atoms with Gasteiger partial charge in [0.2, 0.25) is 0 Å². The van der Waals surface area contributed by atoms with Gasteiger partial charge in [0, 0.05) is 6.20 Å². The molecule has 4 N–H and O–H groups in total. The van der Waals surface area contributed by atoms with E-state index in [4.69, 9.17) is 9.84 Å². The number of aromatic amines is 1. The maximum absolute atomic E-state index is 11.9. The van der Waals surface area contributed by atoms with Gasteiger partial charge in [0.05, 0.1) is 19.3 Å². The third kappa shape index (κ3) is 2.95. The minimum atomic E-state index is -1.46. The fraction of sp³-hybridized carbons (Fsp3) is 0.583. The Bertz CT molecular complexity index is 666. The monoisotopic (exact) mass is 316 g/mol. The Kier molecular flexibility index (Phi) is 4.76. The molecule has 0 bridgehead atoms. The summed E-state index contributed by atoms with van der Waals surface area (Å²) in [4.78, 5) is 36.7. The summed E-state index contributed by atoms with van der Waals surface area (Å²) >= 11 is 0. The minimum absolute atomic E-state index is 0.147. The molecule has 22 heavy (non-hydrogen) atoms. The van der Waals surface area contributed by atoms with Crippen LogP contribution in [0.2, 0.25) is 0 Å². The highest BCUT2D eigenvalue weighted by Crippen LogP contribution is 2.31. The van der Waals surface area contributed by atoms with Crippen molar-refractivity contribution in [3.05, 3.63) is 32.6 Å². The molecule has 1 aliphatic rings. The van der Waals surface area contributed by atoms with Crippen molar-refractivity contribution in [2.24, 2.45) is 0 Å². The predicted molar refractivity (Wildman–Crippen MR) is 70.1 cm³/mol. The second-order valence-corrected chi connectivity index (χ2v) is 4.81. The van der Waals surface area contributed by atoms with Crippen LogP contribution in [0, 0.1) is 0 Å². The van der Waals surface area contributed by atoms with Crippen LogP contribution in [0.1, 0.15) is 11.7 Å². The first-order valence-corrected chi connectivity index (χ1v) is 6.42. The molecule has 0 aliphatic carbocycles. The zero-order valence-corrected chi connectivity index (χ0v) is 11.6. The topological polar surface area (TPSA) is 151 Å². The Morgan fingerprint density at radius 2 is 2.09 bits per heavy atom. The van der Waals surface area contributed by atoms with Gasteiger partial charge in [0.1, 0.15) is 31.0 Å². The summed E-state index contributed by atoms with van der Waals surface area (Å²) in [6.07, 6.45) is -4.07. The van der Waals surface area contributed by atoms with Crippen LogP contribution < -0.4 is 11.2 Å². The molecule has 1 aliphatic heterocycles. The van der Waals surface area contributed by atoms with Crippen LogP contribution in [0.25, 0.3) is 0 Å². The van der Waals surface area contributed by atoms with Crippen molar-refractivity contribution in [1.29, 1.82) is 0 Å². The van der Waals surface area contributed by atoms with Crippen LogP contribution in [0.3, 0.4) is 0 Å². The van der Waals surface area contributed by atoms with Crippen molar-refractivity contribution < 1.29 is 29.6 Å². The maximum Gasteiger partial charge on any atom is 0.328 e. The largest absolute Gasteiger partial charge is 0.468 e. The number of aliphatic hydroxyl groups is 3. The third-order valence-electron chi connectivity index (χ3n) is 3.41. The molecule has 2 heterocycles. The van der Waals surface area contributed by atoms with E-state index in [2.05, 4.69) is 4.74 Å². The second kappa shape index (κ2) is 6.40. The molecule has 0 spiro atoms. The number of esters is 1. The first-order valence-electron chi connectivity index (χ1n) is 6.42.